The highest BCUT2D eigenvalue weighted by Gasteiger charge is 2.25. The summed E-state index contributed by atoms with van der Waals surface area (Å²) in [4.78, 5) is 22.9. The summed E-state index contributed by atoms with van der Waals surface area (Å²) in [5.41, 5.74) is -0.812. The average Bonchev–Trinajstić information content (AvgIpc) is 2.44. The number of unbranched alkanes of at least 4 members (excludes halogenated alkanes) is 3. The zero-order chi connectivity index (χ0) is 16.8. The Hall–Kier alpha value is -0.750. The quantitative estimate of drug-likeness (QED) is 0.454. The van der Waals surface area contributed by atoms with Gasteiger partial charge in [0, 0.05) is 13.1 Å². The van der Waals surface area contributed by atoms with Crippen LogP contribution in [0.5, 0.6) is 0 Å². The third-order valence-electron chi connectivity index (χ3n) is 3.49. The lowest BCUT2D eigenvalue weighted by molar-refractivity contribution is -0.121. The van der Waals surface area contributed by atoms with E-state index >= 15 is 0 Å². The first-order chi connectivity index (χ1) is 10.4. The Balaban J connectivity index is 3.39. The van der Waals surface area contributed by atoms with Crippen molar-refractivity contribution < 1.29 is 9.59 Å². The van der Waals surface area contributed by atoms with Crippen molar-refractivity contribution in [3.05, 3.63) is 0 Å². The van der Waals surface area contributed by atoms with Gasteiger partial charge in [-0.15, -0.1) is 0 Å². The van der Waals surface area contributed by atoms with Gasteiger partial charge in [-0.2, -0.15) is 11.8 Å². The first-order valence-electron chi connectivity index (χ1n) is 8.25. The number of urea groups is 1. The number of carbonyl (C=O) groups excluding carboxylic acids is 2. The molecular formula is C16H33N3O2S. The molecule has 0 aromatic rings. The monoisotopic (exact) mass is 331 g/mol. The van der Waals surface area contributed by atoms with E-state index in [1.807, 2.05) is 11.8 Å². The van der Waals surface area contributed by atoms with Crippen LogP contribution in [0.4, 0.5) is 4.79 Å². The van der Waals surface area contributed by atoms with Crippen LogP contribution in [-0.2, 0) is 4.79 Å². The zero-order valence-electron chi connectivity index (χ0n) is 14.6. The normalized spacial score (nSPS) is 11.3. The standard InChI is InChI=1S/C16H33N3O2S/c1-5-22-13-9-7-6-8-10-17-11-12-18-15(21)19-16(3,4)14(2)20/h17H,5-13H2,1-4H3,(H2,18,19,21). The second-order valence-electron chi connectivity index (χ2n) is 5.92. The van der Waals surface area contributed by atoms with E-state index in [1.165, 1.54) is 44.1 Å². The Labute approximate surface area is 139 Å². The molecule has 22 heavy (non-hydrogen) atoms. The average molecular weight is 332 g/mol. The van der Waals surface area contributed by atoms with Gasteiger partial charge in [-0.05, 0) is 51.7 Å². The maximum absolute atomic E-state index is 11.6. The molecule has 0 rings (SSSR count). The van der Waals surface area contributed by atoms with Gasteiger partial charge in [-0.1, -0.05) is 19.8 Å². The first kappa shape index (κ1) is 21.2. The number of hydrogen-bond acceptors (Lipinski definition) is 4. The number of Topliss-reactive ketones (excluding diaryl/α,β-unsaturated/α-hetero) is 1. The van der Waals surface area contributed by atoms with Crippen molar-refractivity contribution in [1.29, 1.82) is 0 Å². The molecule has 0 aromatic carbocycles. The van der Waals surface area contributed by atoms with Gasteiger partial charge in [-0.3, -0.25) is 4.79 Å². The Kier molecular flexibility index (Phi) is 12.3. The first-order valence-corrected chi connectivity index (χ1v) is 9.41. The molecule has 0 aliphatic carbocycles. The van der Waals surface area contributed by atoms with Crippen molar-refractivity contribution in [2.24, 2.45) is 0 Å². The van der Waals surface area contributed by atoms with Crippen LogP contribution in [0.3, 0.4) is 0 Å². The van der Waals surface area contributed by atoms with Gasteiger partial charge in [0.15, 0.2) is 5.78 Å². The van der Waals surface area contributed by atoms with E-state index in [1.54, 1.807) is 13.8 Å². The second-order valence-corrected chi connectivity index (χ2v) is 7.32. The van der Waals surface area contributed by atoms with Crippen molar-refractivity contribution in [1.82, 2.24) is 16.0 Å². The lowest BCUT2D eigenvalue weighted by Crippen LogP contribution is -2.53. The van der Waals surface area contributed by atoms with Crippen molar-refractivity contribution in [3.63, 3.8) is 0 Å². The van der Waals surface area contributed by atoms with E-state index in [0.29, 0.717) is 6.54 Å². The lowest BCUT2D eigenvalue weighted by atomic mass is 10.0. The van der Waals surface area contributed by atoms with Crippen LogP contribution in [0.1, 0.15) is 53.4 Å². The molecule has 5 nitrogen and oxygen atoms in total. The molecule has 0 spiro atoms. The third-order valence-corrected chi connectivity index (χ3v) is 4.48. The van der Waals surface area contributed by atoms with E-state index in [9.17, 15) is 9.59 Å². The number of carbonyl (C=O) groups is 2. The van der Waals surface area contributed by atoms with Crippen molar-refractivity contribution >= 4 is 23.6 Å². The van der Waals surface area contributed by atoms with Crippen LogP contribution in [0.15, 0.2) is 0 Å². The van der Waals surface area contributed by atoms with E-state index in [4.69, 9.17) is 0 Å². The van der Waals surface area contributed by atoms with Crippen LogP contribution in [0.2, 0.25) is 0 Å². The topological polar surface area (TPSA) is 70.2 Å². The molecule has 0 aliphatic rings. The SMILES string of the molecule is CCSCCCCCCNCCNC(=O)NC(C)(C)C(C)=O. The molecule has 0 aromatic heterocycles. The summed E-state index contributed by atoms with van der Waals surface area (Å²) in [7, 11) is 0. The van der Waals surface area contributed by atoms with Gasteiger partial charge in [0.25, 0.3) is 0 Å². The summed E-state index contributed by atoms with van der Waals surface area (Å²) < 4.78 is 0. The fourth-order valence-electron chi connectivity index (χ4n) is 1.76. The van der Waals surface area contributed by atoms with E-state index < -0.39 is 5.54 Å². The van der Waals surface area contributed by atoms with Gasteiger partial charge >= 0.3 is 6.03 Å². The van der Waals surface area contributed by atoms with Gasteiger partial charge in [0.2, 0.25) is 0 Å². The van der Waals surface area contributed by atoms with E-state index in [0.717, 1.165) is 13.1 Å². The fourth-order valence-corrected chi connectivity index (χ4v) is 2.45. The third kappa shape index (κ3) is 11.9. The predicted molar refractivity (Wildman–Crippen MR) is 95.6 cm³/mol. The molecule has 2 amide bonds. The largest absolute Gasteiger partial charge is 0.337 e. The number of ketones is 1. The number of hydrogen-bond donors (Lipinski definition) is 3. The molecule has 0 radical (unpaired) electrons. The highest BCUT2D eigenvalue weighted by molar-refractivity contribution is 7.99. The number of rotatable bonds is 13. The molecule has 130 valence electrons. The molecule has 0 saturated heterocycles. The van der Waals surface area contributed by atoms with Crippen molar-refractivity contribution in [2.45, 2.75) is 58.9 Å². The van der Waals surface area contributed by atoms with Crippen LogP contribution in [0, 0.1) is 0 Å². The minimum Gasteiger partial charge on any atom is -0.337 e. The summed E-state index contributed by atoms with van der Waals surface area (Å²) >= 11 is 2.01. The lowest BCUT2D eigenvalue weighted by Gasteiger charge is -2.23. The molecule has 0 fully saturated rings. The highest BCUT2D eigenvalue weighted by Crippen LogP contribution is 2.06. The Bertz CT molecular complexity index is 323. The molecule has 0 bridgehead atoms. The molecule has 0 atom stereocenters. The molecule has 6 heteroatoms. The minimum atomic E-state index is -0.812. The summed E-state index contributed by atoms with van der Waals surface area (Å²) in [5.74, 6) is 2.43. The van der Waals surface area contributed by atoms with Crippen LogP contribution < -0.4 is 16.0 Å². The zero-order valence-corrected chi connectivity index (χ0v) is 15.4. The van der Waals surface area contributed by atoms with Gasteiger partial charge in [-0.25, -0.2) is 4.79 Å². The summed E-state index contributed by atoms with van der Waals surface area (Å²) in [6.07, 6.45) is 5.06. The second kappa shape index (κ2) is 12.8. The maximum atomic E-state index is 11.6. The van der Waals surface area contributed by atoms with Gasteiger partial charge in [0.1, 0.15) is 0 Å². The molecule has 3 N–H and O–H groups in total. The fraction of sp³-hybridized carbons (Fsp3) is 0.875. The number of amides is 2. The van der Waals surface area contributed by atoms with E-state index in [2.05, 4.69) is 22.9 Å². The maximum Gasteiger partial charge on any atom is 0.315 e. The Morgan fingerprint density at radius 2 is 1.68 bits per heavy atom. The predicted octanol–water partition coefficient (Wildman–Crippen LogP) is 2.56. The van der Waals surface area contributed by atoms with Crippen LogP contribution in [-0.4, -0.2) is 48.5 Å². The van der Waals surface area contributed by atoms with E-state index in [-0.39, 0.29) is 11.8 Å². The Morgan fingerprint density at radius 3 is 2.32 bits per heavy atom. The Morgan fingerprint density at radius 1 is 1.00 bits per heavy atom. The smallest absolute Gasteiger partial charge is 0.315 e. The minimum absolute atomic E-state index is 0.0573. The summed E-state index contributed by atoms with van der Waals surface area (Å²) in [5, 5.41) is 8.73. The molecule has 0 unspecified atom stereocenters. The number of nitrogens with one attached hydrogen (secondary N) is 3. The van der Waals surface area contributed by atoms with Crippen molar-refractivity contribution in [2.75, 3.05) is 31.1 Å². The number of thioether (sulfide) groups is 1. The van der Waals surface area contributed by atoms with Crippen LogP contribution in [0.25, 0.3) is 0 Å². The molecule has 0 saturated carbocycles. The van der Waals surface area contributed by atoms with Gasteiger partial charge in [0.05, 0.1) is 5.54 Å². The van der Waals surface area contributed by atoms with Crippen molar-refractivity contribution in [3.8, 4) is 0 Å². The molecule has 0 heterocycles. The highest BCUT2D eigenvalue weighted by atomic mass is 32.2. The molecule has 0 aliphatic heterocycles. The van der Waals surface area contributed by atoms with Gasteiger partial charge < -0.3 is 16.0 Å². The van der Waals surface area contributed by atoms with Crippen LogP contribution >= 0.6 is 11.8 Å². The molecular weight excluding hydrogens is 298 g/mol. The summed E-state index contributed by atoms with van der Waals surface area (Å²) in [6.45, 7) is 9.38. The summed E-state index contributed by atoms with van der Waals surface area (Å²) in [6, 6.07) is -0.296.